The highest BCUT2D eigenvalue weighted by atomic mass is 35.5. The molecule has 0 aliphatic rings. The van der Waals surface area contributed by atoms with Gasteiger partial charge in [0.2, 0.25) is 0 Å². The molecule has 0 amide bonds. The fourth-order valence-electron chi connectivity index (χ4n) is 1.94. The quantitative estimate of drug-likeness (QED) is 0.907. The van der Waals surface area contributed by atoms with Crippen molar-refractivity contribution in [2.75, 3.05) is 0 Å². The number of halogens is 1. The van der Waals surface area contributed by atoms with Crippen LogP contribution in [-0.4, -0.2) is 6.04 Å². The van der Waals surface area contributed by atoms with E-state index < -0.39 is 0 Å². The number of nitrogens with two attached hydrogens (primary N) is 1. The minimum Gasteiger partial charge on any atom is -0.489 e. The van der Waals surface area contributed by atoms with E-state index in [9.17, 15) is 0 Å². The summed E-state index contributed by atoms with van der Waals surface area (Å²) in [6.45, 7) is 4.70. The van der Waals surface area contributed by atoms with E-state index in [4.69, 9.17) is 10.5 Å². The summed E-state index contributed by atoms with van der Waals surface area (Å²) in [7, 11) is 0. The fourth-order valence-corrected chi connectivity index (χ4v) is 1.94. The zero-order valence-electron chi connectivity index (χ0n) is 12.0. The van der Waals surface area contributed by atoms with Crippen LogP contribution in [0.4, 0.5) is 0 Å². The normalized spacial score (nSPS) is 11.6. The molecule has 2 nitrogen and oxygen atoms in total. The van der Waals surface area contributed by atoms with E-state index in [-0.39, 0.29) is 18.4 Å². The first kappa shape index (κ1) is 16.5. The minimum atomic E-state index is 0. The van der Waals surface area contributed by atoms with Crippen molar-refractivity contribution < 1.29 is 4.74 Å². The number of benzene rings is 2. The van der Waals surface area contributed by atoms with Crippen LogP contribution in [0.2, 0.25) is 0 Å². The van der Waals surface area contributed by atoms with Crippen LogP contribution in [0.5, 0.6) is 5.75 Å². The van der Waals surface area contributed by atoms with Crippen molar-refractivity contribution in [3.63, 3.8) is 0 Å². The van der Waals surface area contributed by atoms with Gasteiger partial charge in [-0.05, 0) is 43.5 Å². The molecular weight excluding hydrogens is 270 g/mol. The lowest BCUT2D eigenvalue weighted by Crippen LogP contribution is -2.17. The molecule has 0 bridgehead atoms. The Morgan fingerprint density at radius 3 is 2.05 bits per heavy atom. The molecule has 2 N–H and O–H groups in total. The SMILES string of the molecule is Cc1ccc(COc2ccc(C[C@@H](C)N)cc2)cc1.Cl. The van der Waals surface area contributed by atoms with Gasteiger partial charge in [0.05, 0.1) is 0 Å². The maximum Gasteiger partial charge on any atom is 0.119 e. The van der Waals surface area contributed by atoms with Gasteiger partial charge in [-0.2, -0.15) is 0 Å². The Balaban J connectivity index is 0.00000200. The molecule has 2 rings (SSSR count). The molecule has 0 saturated carbocycles. The molecule has 0 radical (unpaired) electrons. The van der Waals surface area contributed by atoms with Crippen LogP contribution >= 0.6 is 12.4 Å². The topological polar surface area (TPSA) is 35.2 Å². The summed E-state index contributed by atoms with van der Waals surface area (Å²) in [4.78, 5) is 0. The van der Waals surface area contributed by atoms with Crippen molar-refractivity contribution in [1.29, 1.82) is 0 Å². The third kappa shape index (κ3) is 5.24. The predicted octanol–water partition coefficient (Wildman–Crippen LogP) is 3.89. The lowest BCUT2D eigenvalue weighted by molar-refractivity contribution is 0.306. The summed E-state index contributed by atoms with van der Waals surface area (Å²) >= 11 is 0. The molecule has 20 heavy (non-hydrogen) atoms. The molecule has 0 aliphatic carbocycles. The van der Waals surface area contributed by atoms with E-state index in [0.717, 1.165) is 12.2 Å². The van der Waals surface area contributed by atoms with Gasteiger partial charge in [-0.25, -0.2) is 0 Å². The monoisotopic (exact) mass is 291 g/mol. The van der Waals surface area contributed by atoms with Gasteiger partial charge in [-0.15, -0.1) is 12.4 Å². The maximum atomic E-state index is 5.78. The van der Waals surface area contributed by atoms with Gasteiger partial charge in [0.1, 0.15) is 12.4 Å². The summed E-state index contributed by atoms with van der Waals surface area (Å²) in [5.74, 6) is 0.897. The summed E-state index contributed by atoms with van der Waals surface area (Å²) in [6.07, 6.45) is 0.901. The van der Waals surface area contributed by atoms with Crippen molar-refractivity contribution in [1.82, 2.24) is 0 Å². The van der Waals surface area contributed by atoms with E-state index >= 15 is 0 Å². The first-order valence-corrected chi connectivity index (χ1v) is 6.66. The van der Waals surface area contributed by atoms with E-state index in [1.807, 2.05) is 19.1 Å². The highest BCUT2D eigenvalue weighted by molar-refractivity contribution is 5.85. The van der Waals surface area contributed by atoms with Crippen LogP contribution in [0.15, 0.2) is 48.5 Å². The van der Waals surface area contributed by atoms with Crippen LogP contribution in [-0.2, 0) is 13.0 Å². The molecule has 108 valence electrons. The summed E-state index contributed by atoms with van der Waals surface area (Å²) in [5.41, 5.74) is 9.48. The molecule has 0 saturated heterocycles. The second-order valence-corrected chi connectivity index (χ2v) is 5.10. The highest BCUT2D eigenvalue weighted by Gasteiger charge is 1.99. The van der Waals surface area contributed by atoms with Crippen LogP contribution < -0.4 is 10.5 Å². The molecule has 0 aromatic heterocycles. The first-order valence-electron chi connectivity index (χ1n) is 6.66. The van der Waals surface area contributed by atoms with Crippen LogP contribution in [0.25, 0.3) is 0 Å². The average molecular weight is 292 g/mol. The van der Waals surface area contributed by atoms with Crippen molar-refractivity contribution in [3.8, 4) is 5.75 Å². The number of hydrogen-bond acceptors (Lipinski definition) is 2. The lowest BCUT2D eigenvalue weighted by atomic mass is 10.1. The van der Waals surface area contributed by atoms with Crippen LogP contribution in [0.1, 0.15) is 23.6 Å². The predicted molar refractivity (Wildman–Crippen MR) is 86.6 cm³/mol. The standard InChI is InChI=1S/C17H21NO.ClH/c1-13-3-5-16(6-4-13)12-19-17-9-7-15(8-10-17)11-14(2)18;/h3-10,14H,11-12,18H2,1-2H3;1H/t14-;/m1./s1. The van der Waals surface area contributed by atoms with Gasteiger partial charge < -0.3 is 10.5 Å². The van der Waals surface area contributed by atoms with E-state index in [0.29, 0.717) is 6.61 Å². The first-order chi connectivity index (χ1) is 9.13. The fraction of sp³-hybridized carbons (Fsp3) is 0.294. The molecular formula is C17H22ClNO. The van der Waals surface area contributed by atoms with Gasteiger partial charge in [-0.1, -0.05) is 42.0 Å². The molecule has 0 heterocycles. The largest absolute Gasteiger partial charge is 0.489 e. The molecule has 2 aromatic rings. The van der Waals surface area contributed by atoms with Crippen molar-refractivity contribution in [2.24, 2.45) is 5.73 Å². The summed E-state index contributed by atoms with van der Waals surface area (Å²) in [5, 5.41) is 0. The van der Waals surface area contributed by atoms with Crippen LogP contribution in [0, 0.1) is 6.92 Å². The molecule has 2 aromatic carbocycles. The molecule has 3 heteroatoms. The van der Waals surface area contributed by atoms with Crippen molar-refractivity contribution in [2.45, 2.75) is 32.9 Å². The molecule has 0 spiro atoms. The number of aryl methyl sites for hydroxylation is 1. The smallest absolute Gasteiger partial charge is 0.119 e. The maximum absolute atomic E-state index is 5.78. The Kier molecular flexibility index (Phi) is 6.56. The number of rotatable bonds is 5. The zero-order chi connectivity index (χ0) is 13.7. The van der Waals surface area contributed by atoms with Gasteiger partial charge in [0.25, 0.3) is 0 Å². The van der Waals surface area contributed by atoms with Gasteiger partial charge in [0.15, 0.2) is 0 Å². The Labute approximate surface area is 127 Å². The average Bonchev–Trinajstić information content (AvgIpc) is 2.39. The lowest BCUT2D eigenvalue weighted by Gasteiger charge is -2.09. The zero-order valence-corrected chi connectivity index (χ0v) is 12.8. The summed E-state index contributed by atoms with van der Waals surface area (Å²) < 4.78 is 5.76. The Morgan fingerprint density at radius 1 is 0.950 bits per heavy atom. The molecule has 0 aliphatic heterocycles. The third-order valence-corrected chi connectivity index (χ3v) is 3.01. The number of hydrogen-bond donors (Lipinski definition) is 1. The van der Waals surface area contributed by atoms with E-state index in [1.165, 1.54) is 16.7 Å². The minimum absolute atomic E-state index is 0. The van der Waals surface area contributed by atoms with Gasteiger partial charge >= 0.3 is 0 Å². The Hall–Kier alpha value is -1.51. The van der Waals surface area contributed by atoms with Gasteiger partial charge in [0, 0.05) is 6.04 Å². The molecule has 0 fully saturated rings. The van der Waals surface area contributed by atoms with Crippen molar-refractivity contribution in [3.05, 3.63) is 65.2 Å². The molecule has 0 unspecified atom stereocenters. The summed E-state index contributed by atoms with van der Waals surface area (Å²) in [6, 6.07) is 16.8. The second-order valence-electron chi connectivity index (χ2n) is 5.10. The number of ether oxygens (including phenoxy) is 1. The van der Waals surface area contributed by atoms with Gasteiger partial charge in [-0.3, -0.25) is 0 Å². The van der Waals surface area contributed by atoms with Crippen LogP contribution in [0.3, 0.4) is 0 Å². The molecule has 1 atom stereocenters. The second kappa shape index (κ2) is 7.93. The van der Waals surface area contributed by atoms with E-state index in [1.54, 1.807) is 0 Å². The Morgan fingerprint density at radius 2 is 1.50 bits per heavy atom. The van der Waals surface area contributed by atoms with E-state index in [2.05, 4.69) is 43.3 Å². The van der Waals surface area contributed by atoms with Crippen molar-refractivity contribution >= 4 is 12.4 Å². The Bertz CT molecular complexity index is 506. The third-order valence-electron chi connectivity index (χ3n) is 3.01. The highest BCUT2D eigenvalue weighted by Crippen LogP contribution is 2.15.